The fraction of sp³-hybridized carbons (Fsp3) is 0.190. The van der Waals surface area contributed by atoms with E-state index in [1.165, 1.54) is 7.11 Å². The molecule has 8 heteroatoms. The lowest BCUT2D eigenvalue weighted by Gasteiger charge is -2.17. The first-order valence-corrected chi connectivity index (χ1v) is 8.81. The molecule has 1 aromatic heterocycles. The van der Waals surface area contributed by atoms with Crippen molar-refractivity contribution in [2.45, 2.75) is 13.0 Å². The number of nitrogens with zero attached hydrogens (tertiary/aromatic N) is 1. The molecule has 0 saturated heterocycles. The zero-order valence-corrected chi connectivity index (χ0v) is 16.0. The second kappa shape index (κ2) is 9.41. The fourth-order valence-electron chi connectivity index (χ4n) is 2.56. The van der Waals surface area contributed by atoms with Gasteiger partial charge in [-0.2, -0.15) is 0 Å². The number of amides is 1. The molecule has 0 bridgehead atoms. The summed E-state index contributed by atoms with van der Waals surface area (Å²) in [5, 5.41) is 6.30. The van der Waals surface area contributed by atoms with Gasteiger partial charge in [0, 0.05) is 11.6 Å². The van der Waals surface area contributed by atoms with Gasteiger partial charge in [-0.05, 0) is 19.1 Å². The van der Waals surface area contributed by atoms with Crippen LogP contribution in [-0.2, 0) is 14.3 Å². The summed E-state index contributed by atoms with van der Waals surface area (Å²) in [5.41, 5.74) is 0.510. The maximum absolute atomic E-state index is 12.7. The van der Waals surface area contributed by atoms with E-state index in [-0.39, 0.29) is 12.4 Å². The first-order valence-electron chi connectivity index (χ1n) is 8.81. The number of methoxy groups -OCH3 is 1. The van der Waals surface area contributed by atoms with Gasteiger partial charge in [0.2, 0.25) is 6.10 Å². The summed E-state index contributed by atoms with van der Waals surface area (Å²) < 4.78 is 21.0. The molecule has 150 valence electrons. The topological polar surface area (TPSA) is 99.9 Å². The SMILES string of the molecule is COc1ccccc1OCC(=O)OC(C(=O)Nc1cc(C)on1)c1ccccc1. The minimum Gasteiger partial charge on any atom is -0.493 e. The third kappa shape index (κ3) is 5.35. The quantitative estimate of drug-likeness (QED) is 0.583. The lowest BCUT2D eigenvalue weighted by atomic mass is 10.1. The van der Waals surface area contributed by atoms with Crippen LogP contribution in [0.3, 0.4) is 0 Å². The molecule has 0 radical (unpaired) electrons. The Morgan fingerprint density at radius 2 is 1.76 bits per heavy atom. The van der Waals surface area contributed by atoms with E-state index < -0.39 is 18.0 Å². The predicted octanol–water partition coefficient (Wildman–Crippen LogP) is 3.29. The highest BCUT2D eigenvalue weighted by Crippen LogP contribution is 2.26. The monoisotopic (exact) mass is 396 g/mol. The number of nitrogens with one attached hydrogen (secondary N) is 1. The molecule has 0 spiro atoms. The van der Waals surface area contributed by atoms with Crippen LogP contribution in [0.25, 0.3) is 0 Å². The molecule has 0 aliphatic carbocycles. The van der Waals surface area contributed by atoms with E-state index >= 15 is 0 Å². The van der Waals surface area contributed by atoms with Gasteiger partial charge in [0.1, 0.15) is 5.76 Å². The molecule has 8 nitrogen and oxygen atoms in total. The maximum Gasteiger partial charge on any atom is 0.345 e. The molecule has 1 amide bonds. The van der Waals surface area contributed by atoms with Crippen molar-refractivity contribution in [2.75, 3.05) is 19.0 Å². The van der Waals surface area contributed by atoms with Crippen molar-refractivity contribution in [3.8, 4) is 11.5 Å². The van der Waals surface area contributed by atoms with E-state index in [2.05, 4.69) is 10.5 Å². The van der Waals surface area contributed by atoms with Gasteiger partial charge in [0.15, 0.2) is 23.9 Å². The molecule has 29 heavy (non-hydrogen) atoms. The zero-order chi connectivity index (χ0) is 20.6. The molecular weight excluding hydrogens is 376 g/mol. The summed E-state index contributed by atoms with van der Waals surface area (Å²) in [4.78, 5) is 25.1. The van der Waals surface area contributed by atoms with Crippen LogP contribution in [0.15, 0.2) is 65.2 Å². The number of benzene rings is 2. The highest BCUT2D eigenvalue weighted by molar-refractivity contribution is 5.95. The standard InChI is InChI=1S/C21H20N2O6/c1-14-12-18(23-29-14)22-21(25)20(15-8-4-3-5-9-15)28-19(24)13-27-17-11-7-6-10-16(17)26-2/h3-12,20H,13H2,1-2H3,(H,22,23,25). The Kier molecular flexibility index (Phi) is 6.47. The molecule has 2 aromatic carbocycles. The second-order valence-electron chi connectivity index (χ2n) is 6.03. The number of anilines is 1. The summed E-state index contributed by atoms with van der Waals surface area (Å²) in [7, 11) is 1.50. The van der Waals surface area contributed by atoms with Crippen molar-refractivity contribution in [2.24, 2.45) is 0 Å². The van der Waals surface area contributed by atoms with Crippen LogP contribution in [0.5, 0.6) is 11.5 Å². The maximum atomic E-state index is 12.7. The molecule has 1 N–H and O–H groups in total. The Morgan fingerprint density at radius 1 is 1.07 bits per heavy atom. The Bertz CT molecular complexity index is 970. The van der Waals surface area contributed by atoms with Crippen molar-refractivity contribution in [3.05, 3.63) is 72.0 Å². The van der Waals surface area contributed by atoms with Crippen LogP contribution in [0.4, 0.5) is 5.82 Å². The van der Waals surface area contributed by atoms with Crippen LogP contribution in [0.2, 0.25) is 0 Å². The Balaban J connectivity index is 1.69. The number of para-hydroxylation sites is 2. The van der Waals surface area contributed by atoms with Crippen molar-refractivity contribution >= 4 is 17.7 Å². The number of aryl methyl sites for hydroxylation is 1. The van der Waals surface area contributed by atoms with E-state index in [4.69, 9.17) is 18.7 Å². The zero-order valence-electron chi connectivity index (χ0n) is 16.0. The molecule has 0 fully saturated rings. The smallest absolute Gasteiger partial charge is 0.345 e. The van der Waals surface area contributed by atoms with Gasteiger partial charge in [-0.25, -0.2) is 4.79 Å². The van der Waals surface area contributed by atoms with Gasteiger partial charge in [-0.15, -0.1) is 0 Å². The summed E-state index contributed by atoms with van der Waals surface area (Å²) >= 11 is 0. The van der Waals surface area contributed by atoms with Gasteiger partial charge < -0.3 is 24.1 Å². The minimum absolute atomic E-state index is 0.231. The van der Waals surface area contributed by atoms with Crippen molar-refractivity contribution < 1.29 is 28.3 Å². The van der Waals surface area contributed by atoms with Crippen LogP contribution < -0.4 is 14.8 Å². The number of rotatable bonds is 8. The van der Waals surface area contributed by atoms with E-state index in [1.54, 1.807) is 67.6 Å². The Labute approximate surface area is 167 Å². The average Bonchev–Trinajstić information content (AvgIpc) is 3.15. The number of carbonyl (C=O) groups excluding carboxylic acids is 2. The van der Waals surface area contributed by atoms with E-state index in [0.29, 0.717) is 22.8 Å². The summed E-state index contributed by atoms with van der Waals surface area (Å²) in [6.45, 7) is 1.31. The van der Waals surface area contributed by atoms with Crippen LogP contribution in [-0.4, -0.2) is 30.7 Å². The molecule has 3 rings (SSSR count). The Hall–Kier alpha value is -3.81. The number of aromatic nitrogens is 1. The summed E-state index contributed by atoms with van der Waals surface area (Å²) in [6.07, 6.45) is -1.18. The second-order valence-corrected chi connectivity index (χ2v) is 6.03. The number of hydrogen-bond donors (Lipinski definition) is 1. The normalized spacial score (nSPS) is 11.4. The number of esters is 1. The van der Waals surface area contributed by atoms with Crippen LogP contribution in [0, 0.1) is 6.92 Å². The van der Waals surface area contributed by atoms with Gasteiger partial charge in [0.05, 0.1) is 7.11 Å². The molecular formula is C21H20N2O6. The Morgan fingerprint density at radius 3 is 2.41 bits per heavy atom. The molecule has 0 saturated carbocycles. The molecule has 0 aliphatic heterocycles. The largest absolute Gasteiger partial charge is 0.493 e. The molecule has 1 atom stereocenters. The lowest BCUT2D eigenvalue weighted by molar-refractivity contribution is -0.156. The van der Waals surface area contributed by atoms with E-state index in [1.807, 2.05) is 0 Å². The van der Waals surface area contributed by atoms with Gasteiger partial charge in [-0.1, -0.05) is 47.6 Å². The number of ether oxygens (including phenoxy) is 3. The lowest BCUT2D eigenvalue weighted by Crippen LogP contribution is -2.28. The third-order valence-electron chi connectivity index (χ3n) is 3.88. The van der Waals surface area contributed by atoms with Gasteiger partial charge >= 0.3 is 5.97 Å². The summed E-state index contributed by atoms with van der Waals surface area (Å²) in [6, 6.07) is 17.1. The van der Waals surface area contributed by atoms with Crippen LogP contribution >= 0.6 is 0 Å². The predicted molar refractivity (Wildman–Crippen MR) is 104 cm³/mol. The first-order chi connectivity index (χ1) is 14.1. The first kappa shape index (κ1) is 19.9. The fourth-order valence-corrected chi connectivity index (χ4v) is 2.56. The number of carbonyl (C=O) groups is 2. The van der Waals surface area contributed by atoms with Crippen molar-refractivity contribution in [1.82, 2.24) is 5.16 Å². The molecule has 1 heterocycles. The van der Waals surface area contributed by atoms with Crippen LogP contribution in [0.1, 0.15) is 17.4 Å². The molecule has 3 aromatic rings. The van der Waals surface area contributed by atoms with Crippen molar-refractivity contribution in [1.29, 1.82) is 0 Å². The average molecular weight is 396 g/mol. The van der Waals surface area contributed by atoms with E-state index in [0.717, 1.165) is 0 Å². The molecule has 1 unspecified atom stereocenters. The highest BCUT2D eigenvalue weighted by atomic mass is 16.6. The van der Waals surface area contributed by atoms with Crippen molar-refractivity contribution in [3.63, 3.8) is 0 Å². The third-order valence-corrected chi connectivity index (χ3v) is 3.88. The molecule has 0 aliphatic rings. The minimum atomic E-state index is -1.18. The van der Waals surface area contributed by atoms with E-state index in [9.17, 15) is 9.59 Å². The van der Waals surface area contributed by atoms with Gasteiger partial charge in [-0.3, -0.25) is 4.79 Å². The number of hydrogen-bond acceptors (Lipinski definition) is 7. The van der Waals surface area contributed by atoms with Gasteiger partial charge in [0.25, 0.3) is 5.91 Å². The summed E-state index contributed by atoms with van der Waals surface area (Å²) in [5.74, 6) is 0.379. The highest BCUT2D eigenvalue weighted by Gasteiger charge is 2.26.